The Morgan fingerprint density at radius 1 is 1.27 bits per heavy atom. The van der Waals surface area contributed by atoms with Crippen LogP contribution in [0.2, 0.25) is 0 Å². The number of carbonyl (C=O) groups is 1. The van der Waals surface area contributed by atoms with E-state index in [-0.39, 0.29) is 23.4 Å². The second-order valence-corrected chi connectivity index (χ2v) is 7.61. The van der Waals surface area contributed by atoms with E-state index >= 15 is 0 Å². The van der Waals surface area contributed by atoms with Gasteiger partial charge in [-0.2, -0.15) is 0 Å². The van der Waals surface area contributed by atoms with Crippen molar-refractivity contribution in [2.75, 3.05) is 27.2 Å². The van der Waals surface area contributed by atoms with Gasteiger partial charge in [-0.1, -0.05) is 13.8 Å². The van der Waals surface area contributed by atoms with Crippen molar-refractivity contribution in [1.82, 2.24) is 10.2 Å². The van der Waals surface area contributed by atoms with Crippen molar-refractivity contribution in [2.24, 2.45) is 11.3 Å². The zero-order chi connectivity index (χ0) is 15.7. The first-order valence-electron chi connectivity index (χ1n) is 8.33. The van der Waals surface area contributed by atoms with Crippen LogP contribution in [0.25, 0.3) is 0 Å². The van der Waals surface area contributed by atoms with E-state index in [1.165, 1.54) is 12.8 Å². The summed E-state index contributed by atoms with van der Waals surface area (Å²) in [6, 6.07) is 0.294. The Bertz CT molecular complexity index is 383. The molecule has 0 bridgehead atoms. The van der Waals surface area contributed by atoms with Gasteiger partial charge in [-0.05, 0) is 51.6 Å². The van der Waals surface area contributed by atoms with Crippen LogP contribution in [0.5, 0.6) is 0 Å². The molecule has 0 aromatic carbocycles. The van der Waals surface area contributed by atoms with E-state index in [1.807, 2.05) is 11.9 Å². The number of amides is 1. The van der Waals surface area contributed by atoms with Gasteiger partial charge < -0.3 is 15.0 Å². The Labute approximate surface area is 141 Å². The first-order chi connectivity index (χ1) is 9.82. The first kappa shape index (κ1) is 19.7. The molecule has 2 atom stereocenters. The lowest BCUT2D eigenvalue weighted by Crippen LogP contribution is -2.68. The van der Waals surface area contributed by atoms with Gasteiger partial charge in [-0.3, -0.25) is 4.79 Å². The van der Waals surface area contributed by atoms with Crippen LogP contribution in [0.1, 0.15) is 52.9 Å². The maximum atomic E-state index is 12.5. The summed E-state index contributed by atoms with van der Waals surface area (Å²) in [7, 11) is 3.74. The minimum atomic E-state index is -0.110. The molecule has 2 unspecified atom stereocenters. The molecule has 2 fully saturated rings. The molecule has 0 aromatic rings. The van der Waals surface area contributed by atoms with Gasteiger partial charge in [0.15, 0.2) is 0 Å². The lowest BCUT2D eigenvalue weighted by atomic mass is 9.55. The molecule has 130 valence electrons. The largest absolute Gasteiger partial charge is 0.378 e. The number of halogens is 1. The van der Waals surface area contributed by atoms with Crippen LogP contribution in [-0.2, 0) is 9.53 Å². The molecule has 1 aliphatic carbocycles. The topological polar surface area (TPSA) is 41.6 Å². The van der Waals surface area contributed by atoms with E-state index < -0.39 is 0 Å². The Hall–Kier alpha value is -0.320. The van der Waals surface area contributed by atoms with Gasteiger partial charge in [0.05, 0.1) is 5.60 Å². The predicted octanol–water partition coefficient (Wildman–Crippen LogP) is 2.85. The van der Waals surface area contributed by atoms with E-state index in [0.29, 0.717) is 18.4 Å². The van der Waals surface area contributed by atoms with Crippen LogP contribution in [0, 0.1) is 11.3 Å². The highest BCUT2D eigenvalue weighted by Gasteiger charge is 2.59. The SMILES string of the molecule is COC1(C)CC(N(C)C(=O)CCC2CCNCC2)C1(C)C.Cl. The molecule has 1 saturated heterocycles. The number of ether oxygens (including phenoxy) is 1. The van der Waals surface area contributed by atoms with Gasteiger partial charge in [-0.25, -0.2) is 0 Å². The zero-order valence-electron chi connectivity index (χ0n) is 14.8. The van der Waals surface area contributed by atoms with E-state index in [4.69, 9.17) is 4.74 Å². The molecule has 0 spiro atoms. The summed E-state index contributed by atoms with van der Waals surface area (Å²) in [5.74, 6) is 1.02. The summed E-state index contributed by atoms with van der Waals surface area (Å²) in [6.45, 7) is 8.78. The lowest BCUT2D eigenvalue weighted by Gasteiger charge is -2.61. The molecular formula is C17H33ClN2O2. The third kappa shape index (κ3) is 3.60. The number of hydrogen-bond donors (Lipinski definition) is 1. The third-order valence-corrected chi connectivity index (χ3v) is 6.32. The number of nitrogens with one attached hydrogen (secondary N) is 1. The summed E-state index contributed by atoms with van der Waals surface area (Å²) in [5, 5.41) is 3.38. The van der Waals surface area contributed by atoms with Gasteiger partial charge in [0.25, 0.3) is 0 Å². The average molecular weight is 333 g/mol. The van der Waals surface area contributed by atoms with Gasteiger partial charge in [0.2, 0.25) is 5.91 Å². The van der Waals surface area contributed by atoms with Crippen LogP contribution < -0.4 is 5.32 Å². The standard InChI is InChI=1S/C17H32N2O2.ClH/c1-16(2)14(12-17(16,3)21-5)19(4)15(20)7-6-13-8-10-18-11-9-13;/h13-14,18H,6-12H2,1-5H3;1H. The molecule has 5 heteroatoms. The van der Waals surface area contributed by atoms with Crippen LogP contribution in [0.3, 0.4) is 0 Å². The number of rotatable bonds is 5. The normalized spacial score (nSPS) is 31.0. The summed E-state index contributed by atoms with van der Waals surface area (Å²) in [5.41, 5.74) is -0.0951. The van der Waals surface area contributed by atoms with Crippen molar-refractivity contribution >= 4 is 18.3 Å². The van der Waals surface area contributed by atoms with Gasteiger partial charge in [0.1, 0.15) is 0 Å². The zero-order valence-corrected chi connectivity index (χ0v) is 15.6. The Morgan fingerprint density at radius 3 is 2.36 bits per heavy atom. The lowest BCUT2D eigenvalue weighted by molar-refractivity contribution is -0.207. The van der Waals surface area contributed by atoms with Crippen LogP contribution in [-0.4, -0.2) is 49.7 Å². The fourth-order valence-electron chi connectivity index (χ4n) is 3.92. The maximum Gasteiger partial charge on any atom is 0.222 e. The second kappa shape index (κ2) is 7.50. The number of carbonyl (C=O) groups excluding carboxylic acids is 1. The van der Waals surface area contributed by atoms with Crippen molar-refractivity contribution in [3.05, 3.63) is 0 Å². The molecule has 1 N–H and O–H groups in total. The summed E-state index contributed by atoms with van der Waals surface area (Å²) in [4.78, 5) is 14.5. The van der Waals surface area contributed by atoms with E-state index in [2.05, 4.69) is 26.1 Å². The summed E-state index contributed by atoms with van der Waals surface area (Å²) in [6.07, 6.45) is 5.10. The quantitative estimate of drug-likeness (QED) is 0.841. The monoisotopic (exact) mass is 332 g/mol. The third-order valence-electron chi connectivity index (χ3n) is 6.32. The van der Waals surface area contributed by atoms with Gasteiger partial charge in [0, 0.05) is 32.0 Å². The summed E-state index contributed by atoms with van der Waals surface area (Å²) >= 11 is 0. The molecule has 22 heavy (non-hydrogen) atoms. The molecule has 1 saturated carbocycles. The molecule has 2 aliphatic rings. The molecule has 4 nitrogen and oxygen atoms in total. The minimum Gasteiger partial charge on any atom is -0.378 e. The highest BCUT2D eigenvalue weighted by molar-refractivity contribution is 5.85. The van der Waals surface area contributed by atoms with Crippen molar-refractivity contribution in [3.63, 3.8) is 0 Å². The number of nitrogens with zero attached hydrogens (tertiary/aromatic N) is 1. The fraction of sp³-hybridized carbons (Fsp3) is 0.941. The molecule has 1 heterocycles. The molecule has 0 aromatic heterocycles. The van der Waals surface area contributed by atoms with Crippen molar-refractivity contribution < 1.29 is 9.53 Å². The molecule has 2 rings (SSSR count). The Morgan fingerprint density at radius 2 is 1.86 bits per heavy atom. The minimum absolute atomic E-state index is 0. The van der Waals surface area contributed by atoms with Gasteiger partial charge in [-0.15, -0.1) is 12.4 Å². The molecular weight excluding hydrogens is 300 g/mol. The van der Waals surface area contributed by atoms with E-state index in [0.717, 1.165) is 31.8 Å². The maximum absolute atomic E-state index is 12.5. The van der Waals surface area contributed by atoms with Gasteiger partial charge >= 0.3 is 0 Å². The van der Waals surface area contributed by atoms with Crippen LogP contribution in [0.4, 0.5) is 0 Å². The van der Waals surface area contributed by atoms with E-state index in [9.17, 15) is 4.79 Å². The Balaban J connectivity index is 0.00000242. The first-order valence-corrected chi connectivity index (χ1v) is 8.33. The molecule has 1 aliphatic heterocycles. The fourth-order valence-corrected chi connectivity index (χ4v) is 3.92. The number of hydrogen-bond acceptors (Lipinski definition) is 3. The van der Waals surface area contributed by atoms with E-state index in [1.54, 1.807) is 7.11 Å². The highest BCUT2D eigenvalue weighted by Crippen LogP contribution is 2.53. The van der Waals surface area contributed by atoms with Crippen LogP contribution in [0.15, 0.2) is 0 Å². The Kier molecular flexibility index (Phi) is 6.72. The highest BCUT2D eigenvalue weighted by atomic mass is 35.5. The molecule has 1 amide bonds. The number of piperidine rings is 1. The van der Waals surface area contributed by atoms with Crippen molar-refractivity contribution in [1.29, 1.82) is 0 Å². The average Bonchev–Trinajstić information content (AvgIpc) is 2.50. The summed E-state index contributed by atoms with van der Waals surface area (Å²) < 4.78 is 5.66. The smallest absolute Gasteiger partial charge is 0.222 e. The van der Waals surface area contributed by atoms with Crippen molar-refractivity contribution in [2.45, 2.75) is 64.5 Å². The van der Waals surface area contributed by atoms with Crippen molar-refractivity contribution in [3.8, 4) is 0 Å². The second-order valence-electron chi connectivity index (χ2n) is 7.61. The van der Waals surface area contributed by atoms with Crippen LogP contribution >= 0.6 is 12.4 Å². The predicted molar refractivity (Wildman–Crippen MR) is 92.4 cm³/mol. The molecule has 0 radical (unpaired) electrons. The number of methoxy groups -OCH3 is 1.